The normalized spacial score (nSPS) is 49.7. The smallest absolute Gasteiger partial charge is 0.0695 e. The average Bonchev–Trinajstić information content (AvgIpc) is 2.76. The topological polar surface area (TPSA) is 20.2 Å². The lowest BCUT2D eigenvalue weighted by atomic mass is 9.94. The van der Waals surface area contributed by atoms with Crippen LogP contribution in [0.5, 0.6) is 0 Å². The molecule has 0 atom stereocenters. The minimum Gasteiger partial charge on any atom is -0.389 e. The Morgan fingerprint density at radius 3 is 1.60 bits per heavy atom. The molecule has 1 N–H and O–H groups in total. The van der Waals surface area contributed by atoms with Gasteiger partial charge in [0.05, 0.1) is 13.4 Å². The second kappa shape index (κ2) is 1.10. The minimum absolute atomic E-state index is 0.342. The Morgan fingerprint density at radius 1 is 1.10 bits per heavy atom. The summed E-state index contributed by atoms with van der Waals surface area (Å²) >= 11 is 0. The highest BCUT2D eigenvalue weighted by molar-refractivity contribution is 6.10. The van der Waals surface area contributed by atoms with Gasteiger partial charge in [0, 0.05) is 10.8 Å². The van der Waals surface area contributed by atoms with Crippen molar-refractivity contribution in [3.63, 3.8) is 0 Å². The number of aliphatic hydroxyl groups is 1. The molecule has 3 saturated carbocycles. The molecule has 52 valence electrons. The van der Waals surface area contributed by atoms with E-state index >= 15 is 0 Å². The predicted molar refractivity (Wildman–Crippen MR) is 38.8 cm³/mol. The summed E-state index contributed by atoms with van der Waals surface area (Å²) in [4.78, 5) is 0. The monoisotopic (exact) mass is 134 g/mol. The molecule has 1 nitrogen and oxygen atoms in total. The van der Waals surface area contributed by atoms with Gasteiger partial charge in [-0.3, -0.25) is 0 Å². The second-order valence-electron chi connectivity index (χ2n) is 4.23. The average molecular weight is 134 g/mol. The molecule has 2 radical (unpaired) electrons. The lowest BCUT2D eigenvalue weighted by Crippen LogP contribution is -2.12. The van der Waals surface area contributed by atoms with Crippen LogP contribution in [0.15, 0.2) is 0 Å². The maximum atomic E-state index is 9.99. The fraction of sp³-hybridized carbons (Fsp3) is 1.00. The Bertz CT molecular complexity index is 185. The van der Waals surface area contributed by atoms with Gasteiger partial charge in [-0.1, -0.05) is 6.32 Å². The summed E-state index contributed by atoms with van der Waals surface area (Å²) in [6.07, 6.45) is 5.44. The van der Waals surface area contributed by atoms with E-state index in [-0.39, 0.29) is 0 Å². The Labute approximate surface area is 62.2 Å². The van der Waals surface area contributed by atoms with Crippen molar-refractivity contribution in [1.29, 1.82) is 0 Å². The van der Waals surface area contributed by atoms with Crippen LogP contribution in [0.2, 0.25) is 6.32 Å². The second-order valence-corrected chi connectivity index (χ2v) is 4.23. The summed E-state index contributed by atoms with van der Waals surface area (Å²) < 4.78 is 0. The van der Waals surface area contributed by atoms with E-state index in [0.717, 1.165) is 0 Å². The first-order valence-corrected chi connectivity index (χ1v) is 4.15. The van der Waals surface area contributed by atoms with Crippen LogP contribution in [0.4, 0.5) is 0 Å². The maximum absolute atomic E-state index is 9.99. The Morgan fingerprint density at radius 2 is 1.50 bits per heavy atom. The van der Waals surface area contributed by atoms with E-state index < -0.39 is 5.60 Å². The van der Waals surface area contributed by atoms with E-state index in [1.807, 2.05) is 0 Å². The zero-order valence-corrected chi connectivity index (χ0v) is 6.06. The summed E-state index contributed by atoms with van der Waals surface area (Å²) in [5.74, 6) is 0. The molecule has 3 fully saturated rings. The van der Waals surface area contributed by atoms with Gasteiger partial charge in [0.15, 0.2) is 0 Å². The highest BCUT2D eigenvalue weighted by atomic mass is 16.3. The molecule has 10 heavy (non-hydrogen) atoms. The van der Waals surface area contributed by atoms with Gasteiger partial charge in [0.1, 0.15) is 0 Å². The van der Waals surface area contributed by atoms with Gasteiger partial charge >= 0.3 is 0 Å². The van der Waals surface area contributed by atoms with Crippen molar-refractivity contribution in [3.8, 4) is 0 Å². The third kappa shape index (κ3) is 0.274. The van der Waals surface area contributed by atoms with Crippen molar-refractivity contribution in [2.75, 3.05) is 0 Å². The molecule has 0 heterocycles. The first-order chi connectivity index (χ1) is 4.72. The fourth-order valence-corrected chi connectivity index (χ4v) is 3.33. The number of hydrogen-bond donors (Lipinski definition) is 1. The van der Waals surface area contributed by atoms with Gasteiger partial charge in [-0.25, -0.2) is 0 Å². The predicted octanol–water partition coefficient (Wildman–Crippen LogP) is 0.878. The number of hydrogen-bond acceptors (Lipinski definition) is 1. The van der Waals surface area contributed by atoms with Crippen LogP contribution >= 0.6 is 0 Å². The molecule has 2 spiro atoms. The van der Waals surface area contributed by atoms with Gasteiger partial charge in [0.2, 0.25) is 0 Å². The van der Waals surface area contributed by atoms with Crippen molar-refractivity contribution in [3.05, 3.63) is 0 Å². The molecule has 2 heteroatoms. The molecule has 3 aliphatic carbocycles. The number of fused-ring (bicyclic) bond motifs is 1. The summed E-state index contributed by atoms with van der Waals surface area (Å²) in [6, 6.07) is 0. The minimum atomic E-state index is -0.417. The fourth-order valence-electron chi connectivity index (χ4n) is 3.33. The van der Waals surface area contributed by atoms with Crippen molar-refractivity contribution in [2.45, 2.75) is 37.6 Å². The highest BCUT2D eigenvalue weighted by Gasteiger charge is 2.94. The molecule has 0 bridgehead atoms. The molecule has 0 amide bonds. The molecule has 0 aliphatic heterocycles. The molecule has 3 aliphatic rings. The Kier molecular flexibility index (Phi) is 0.619. The molecular formula is C8H11BO. The number of rotatable bonds is 1. The van der Waals surface area contributed by atoms with E-state index in [1.165, 1.54) is 25.7 Å². The van der Waals surface area contributed by atoms with Gasteiger partial charge in [-0.2, -0.15) is 0 Å². The first-order valence-electron chi connectivity index (χ1n) is 4.15. The molecular weight excluding hydrogens is 123 g/mol. The van der Waals surface area contributed by atoms with Gasteiger partial charge in [-0.05, 0) is 25.7 Å². The van der Waals surface area contributed by atoms with Crippen LogP contribution in [-0.4, -0.2) is 18.6 Å². The van der Waals surface area contributed by atoms with Crippen LogP contribution in [0.3, 0.4) is 0 Å². The Hall–Kier alpha value is 0.0249. The largest absolute Gasteiger partial charge is 0.389 e. The van der Waals surface area contributed by atoms with E-state index in [0.29, 0.717) is 17.2 Å². The third-order valence-electron chi connectivity index (χ3n) is 4.23. The molecule has 0 saturated heterocycles. The Balaban J connectivity index is 2.02. The van der Waals surface area contributed by atoms with E-state index in [2.05, 4.69) is 0 Å². The van der Waals surface area contributed by atoms with Crippen LogP contribution in [-0.2, 0) is 0 Å². The van der Waals surface area contributed by atoms with Crippen LogP contribution < -0.4 is 0 Å². The van der Waals surface area contributed by atoms with Crippen LogP contribution in [0.1, 0.15) is 25.7 Å². The SMILES string of the molecule is [B]CC1(O)C2(CC2)C12CC2. The molecule has 0 unspecified atom stereocenters. The summed E-state index contributed by atoms with van der Waals surface area (Å²) in [5.41, 5.74) is 0.267. The summed E-state index contributed by atoms with van der Waals surface area (Å²) in [5, 5.41) is 9.99. The molecule has 0 aromatic heterocycles. The lowest BCUT2D eigenvalue weighted by Gasteiger charge is -2.04. The maximum Gasteiger partial charge on any atom is 0.0695 e. The molecule has 3 rings (SSSR count). The highest BCUT2D eigenvalue weighted by Crippen LogP contribution is 2.94. The van der Waals surface area contributed by atoms with Gasteiger partial charge in [-0.15, -0.1) is 0 Å². The quantitative estimate of drug-likeness (QED) is 0.527. The third-order valence-corrected chi connectivity index (χ3v) is 4.23. The van der Waals surface area contributed by atoms with Crippen LogP contribution in [0, 0.1) is 10.8 Å². The molecule has 0 aromatic carbocycles. The van der Waals surface area contributed by atoms with Crippen LogP contribution in [0.25, 0.3) is 0 Å². The van der Waals surface area contributed by atoms with Crippen molar-refractivity contribution in [1.82, 2.24) is 0 Å². The molecule has 0 aromatic rings. The zero-order valence-electron chi connectivity index (χ0n) is 6.06. The summed E-state index contributed by atoms with van der Waals surface area (Å²) in [7, 11) is 5.55. The van der Waals surface area contributed by atoms with E-state index in [1.54, 1.807) is 0 Å². The van der Waals surface area contributed by atoms with Crippen molar-refractivity contribution >= 4 is 7.85 Å². The summed E-state index contributed by atoms with van der Waals surface area (Å²) in [6.45, 7) is 0. The van der Waals surface area contributed by atoms with Gasteiger partial charge in [0.25, 0.3) is 0 Å². The first kappa shape index (κ1) is 5.65. The van der Waals surface area contributed by atoms with E-state index in [9.17, 15) is 5.11 Å². The standard InChI is InChI=1S/C8H11BO/c9-5-8(10)6(1-2-6)7(8)3-4-7/h10H,1-5H2. The zero-order chi connectivity index (χ0) is 7.04. The van der Waals surface area contributed by atoms with Crippen molar-refractivity contribution in [2.24, 2.45) is 10.8 Å². The lowest BCUT2D eigenvalue weighted by molar-refractivity contribution is 0.131. The van der Waals surface area contributed by atoms with Crippen molar-refractivity contribution < 1.29 is 5.11 Å². The van der Waals surface area contributed by atoms with Gasteiger partial charge < -0.3 is 5.11 Å². The van der Waals surface area contributed by atoms with E-state index in [4.69, 9.17) is 7.85 Å².